The highest BCUT2D eigenvalue weighted by Gasteiger charge is 2.40. The maximum atomic E-state index is 11.7. The average molecular weight is 362 g/mol. The Morgan fingerprint density at radius 2 is 2.12 bits per heavy atom. The molecule has 0 spiro atoms. The number of ether oxygens (including phenoxy) is 3. The van der Waals surface area contributed by atoms with Crippen molar-refractivity contribution in [2.75, 3.05) is 25.6 Å². The van der Waals surface area contributed by atoms with Gasteiger partial charge in [0.05, 0.1) is 19.8 Å². The van der Waals surface area contributed by atoms with Gasteiger partial charge >= 0.3 is 5.63 Å². The normalized spacial score (nSPS) is 19.3. The van der Waals surface area contributed by atoms with Crippen LogP contribution in [0.4, 0.5) is 0 Å². The van der Waals surface area contributed by atoms with Crippen LogP contribution in [0.2, 0.25) is 0 Å². The second-order valence-electron chi connectivity index (χ2n) is 6.03. The molecule has 3 rings (SSSR count). The lowest BCUT2D eigenvalue weighted by Crippen LogP contribution is -2.09. The van der Waals surface area contributed by atoms with Crippen molar-refractivity contribution in [1.29, 1.82) is 0 Å². The van der Waals surface area contributed by atoms with E-state index in [-0.39, 0.29) is 18.0 Å². The molecule has 6 heteroatoms. The first-order chi connectivity index (χ1) is 12.0. The third-order valence-corrected chi connectivity index (χ3v) is 4.81. The van der Waals surface area contributed by atoms with Gasteiger partial charge in [-0.2, -0.15) is 0 Å². The van der Waals surface area contributed by atoms with Crippen LogP contribution in [0.15, 0.2) is 50.5 Å². The Kier molecular flexibility index (Phi) is 5.96. The lowest BCUT2D eigenvalue weighted by Gasteiger charge is -2.07. The van der Waals surface area contributed by atoms with Gasteiger partial charge < -0.3 is 18.6 Å². The summed E-state index contributed by atoms with van der Waals surface area (Å²) in [5, 5.41) is 0.954. The summed E-state index contributed by atoms with van der Waals surface area (Å²) in [6.07, 6.45) is -0.119. The van der Waals surface area contributed by atoms with E-state index in [1.807, 2.05) is 32.0 Å². The third kappa shape index (κ3) is 4.95. The number of epoxide rings is 1. The Balaban J connectivity index is 1.40. The number of aryl methyl sites for hydroxylation is 1. The van der Waals surface area contributed by atoms with Crippen molar-refractivity contribution < 1.29 is 18.6 Å². The SMILES string of the molecule is C=C(C)C1OC1OCCOCCSc1cc(=O)oc2cc(C)ccc12. The molecule has 0 bridgehead atoms. The van der Waals surface area contributed by atoms with E-state index < -0.39 is 0 Å². The highest BCUT2D eigenvalue weighted by Crippen LogP contribution is 2.29. The first-order valence-electron chi connectivity index (χ1n) is 8.22. The van der Waals surface area contributed by atoms with Crippen LogP contribution in [0, 0.1) is 6.92 Å². The summed E-state index contributed by atoms with van der Waals surface area (Å²) in [4.78, 5) is 12.6. The lowest BCUT2D eigenvalue weighted by molar-refractivity contribution is 0.00802. The quantitative estimate of drug-likeness (QED) is 0.224. The first-order valence-corrected chi connectivity index (χ1v) is 9.20. The van der Waals surface area contributed by atoms with Gasteiger partial charge in [-0.05, 0) is 37.1 Å². The first kappa shape index (κ1) is 18.2. The number of benzene rings is 1. The van der Waals surface area contributed by atoms with Crippen LogP contribution in [0.25, 0.3) is 11.0 Å². The Labute approximate surface area is 150 Å². The molecule has 1 aliphatic rings. The molecule has 1 aromatic heterocycles. The van der Waals surface area contributed by atoms with Gasteiger partial charge in [-0.1, -0.05) is 12.6 Å². The van der Waals surface area contributed by atoms with Gasteiger partial charge in [0.1, 0.15) is 11.7 Å². The van der Waals surface area contributed by atoms with Crippen molar-refractivity contribution in [3.8, 4) is 0 Å². The van der Waals surface area contributed by atoms with Gasteiger partial charge in [-0.3, -0.25) is 0 Å². The van der Waals surface area contributed by atoms with Crippen LogP contribution in [-0.4, -0.2) is 38.0 Å². The predicted octanol–water partition coefficient (Wildman–Crippen LogP) is 3.53. The van der Waals surface area contributed by atoms with E-state index in [9.17, 15) is 4.79 Å². The number of fused-ring (bicyclic) bond motifs is 1. The molecule has 1 fully saturated rings. The number of rotatable bonds is 9. The standard InChI is InChI=1S/C19H22O5S/c1-12(2)18-19(24-18)22-7-6-21-8-9-25-16-11-17(20)23-15-10-13(3)4-5-14(15)16/h4-5,10-11,18-19H,1,6-9H2,2-3H3. The van der Waals surface area contributed by atoms with Crippen molar-refractivity contribution in [3.05, 3.63) is 52.4 Å². The maximum Gasteiger partial charge on any atom is 0.337 e. The minimum atomic E-state index is -0.327. The molecule has 2 heterocycles. The lowest BCUT2D eigenvalue weighted by atomic mass is 10.2. The van der Waals surface area contributed by atoms with Crippen LogP contribution in [0.5, 0.6) is 0 Å². The maximum absolute atomic E-state index is 11.7. The minimum Gasteiger partial charge on any atom is -0.423 e. The van der Waals surface area contributed by atoms with Crippen LogP contribution in [-0.2, 0) is 14.2 Å². The molecule has 1 saturated heterocycles. The summed E-state index contributed by atoms with van der Waals surface area (Å²) in [7, 11) is 0. The van der Waals surface area contributed by atoms with Crippen molar-refractivity contribution in [1.82, 2.24) is 0 Å². The number of hydrogen-bond donors (Lipinski definition) is 0. The second kappa shape index (κ2) is 8.19. The van der Waals surface area contributed by atoms with Gasteiger partial charge in [0.2, 0.25) is 0 Å². The van der Waals surface area contributed by atoms with Crippen LogP contribution in [0.1, 0.15) is 12.5 Å². The fourth-order valence-electron chi connectivity index (χ4n) is 2.47. The third-order valence-electron chi connectivity index (χ3n) is 3.79. The highest BCUT2D eigenvalue weighted by molar-refractivity contribution is 7.99. The van der Waals surface area contributed by atoms with E-state index in [0.717, 1.165) is 27.2 Å². The second-order valence-corrected chi connectivity index (χ2v) is 7.17. The van der Waals surface area contributed by atoms with E-state index in [4.69, 9.17) is 18.6 Å². The van der Waals surface area contributed by atoms with Crippen molar-refractivity contribution in [2.45, 2.75) is 31.1 Å². The Morgan fingerprint density at radius 3 is 2.88 bits per heavy atom. The minimum absolute atomic E-state index is 0.0391. The van der Waals surface area contributed by atoms with E-state index in [2.05, 4.69) is 6.58 Å². The zero-order valence-electron chi connectivity index (χ0n) is 14.4. The largest absolute Gasteiger partial charge is 0.423 e. The molecule has 1 aliphatic heterocycles. The molecule has 0 radical (unpaired) electrons. The molecule has 5 nitrogen and oxygen atoms in total. The van der Waals surface area contributed by atoms with E-state index >= 15 is 0 Å². The van der Waals surface area contributed by atoms with Gasteiger partial charge in [-0.15, -0.1) is 11.8 Å². The topological polar surface area (TPSA) is 61.2 Å². The van der Waals surface area contributed by atoms with E-state index in [1.54, 1.807) is 11.8 Å². The van der Waals surface area contributed by atoms with E-state index in [1.165, 1.54) is 6.07 Å². The van der Waals surface area contributed by atoms with Crippen molar-refractivity contribution in [2.24, 2.45) is 0 Å². The zero-order valence-corrected chi connectivity index (χ0v) is 15.3. The number of hydrogen-bond acceptors (Lipinski definition) is 6. The zero-order chi connectivity index (χ0) is 17.8. The highest BCUT2D eigenvalue weighted by atomic mass is 32.2. The molecule has 2 unspecified atom stereocenters. The van der Waals surface area contributed by atoms with Gasteiger partial charge in [-0.25, -0.2) is 4.79 Å². The van der Waals surface area contributed by atoms with Gasteiger partial charge in [0.15, 0.2) is 6.29 Å². The van der Waals surface area contributed by atoms with Gasteiger partial charge in [0.25, 0.3) is 0 Å². The van der Waals surface area contributed by atoms with Crippen LogP contribution < -0.4 is 5.63 Å². The van der Waals surface area contributed by atoms with Crippen LogP contribution in [0.3, 0.4) is 0 Å². The summed E-state index contributed by atoms with van der Waals surface area (Å²) in [6, 6.07) is 7.41. The molecular weight excluding hydrogens is 340 g/mol. The monoisotopic (exact) mass is 362 g/mol. The molecule has 134 valence electrons. The molecule has 0 aliphatic carbocycles. The van der Waals surface area contributed by atoms with Crippen molar-refractivity contribution in [3.63, 3.8) is 0 Å². The Bertz CT molecular complexity index is 813. The smallest absolute Gasteiger partial charge is 0.337 e. The fourth-order valence-corrected chi connectivity index (χ4v) is 3.39. The van der Waals surface area contributed by atoms with Gasteiger partial charge in [0, 0.05) is 22.1 Å². The summed E-state index contributed by atoms with van der Waals surface area (Å²) in [6.45, 7) is 9.32. The average Bonchev–Trinajstić information content (AvgIpc) is 3.33. The Hall–Kier alpha value is -1.60. The summed E-state index contributed by atoms with van der Waals surface area (Å²) in [5.41, 5.74) is 2.35. The predicted molar refractivity (Wildman–Crippen MR) is 98.2 cm³/mol. The Morgan fingerprint density at radius 1 is 1.28 bits per heavy atom. The van der Waals surface area contributed by atoms with Crippen LogP contribution >= 0.6 is 11.8 Å². The molecule has 0 saturated carbocycles. The molecule has 0 N–H and O–H groups in total. The molecule has 2 atom stereocenters. The summed E-state index contributed by atoms with van der Waals surface area (Å²) in [5.74, 6) is 0.751. The summed E-state index contributed by atoms with van der Waals surface area (Å²) >= 11 is 1.59. The number of thioether (sulfide) groups is 1. The fraction of sp³-hybridized carbons (Fsp3) is 0.421. The summed E-state index contributed by atoms with van der Waals surface area (Å²) < 4.78 is 21.6. The van der Waals surface area contributed by atoms with E-state index in [0.29, 0.717) is 25.4 Å². The van der Waals surface area contributed by atoms with Crippen molar-refractivity contribution >= 4 is 22.7 Å². The molecule has 25 heavy (non-hydrogen) atoms. The molecule has 0 amide bonds. The molecular formula is C19H22O5S. The molecule has 2 aromatic rings. The molecule has 1 aromatic carbocycles.